The number of carbonyl (C=O) groups is 1. The van der Waals surface area contributed by atoms with Crippen LogP contribution in [0.25, 0.3) is 0 Å². The summed E-state index contributed by atoms with van der Waals surface area (Å²) in [5, 5.41) is 0. The van der Waals surface area contributed by atoms with Gasteiger partial charge in [0.1, 0.15) is 12.0 Å². The van der Waals surface area contributed by atoms with E-state index in [1.54, 1.807) is 12.1 Å². The number of hydrogen-bond acceptors (Lipinski definition) is 3. The van der Waals surface area contributed by atoms with E-state index in [-0.39, 0.29) is 17.7 Å². The van der Waals surface area contributed by atoms with Gasteiger partial charge in [0.2, 0.25) is 0 Å². The number of para-hydroxylation sites is 1. The molecule has 1 aliphatic rings. The fraction of sp³-hybridized carbons (Fsp3) is 0.500. The highest BCUT2D eigenvalue weighted by atomic mass is 16.6. The lowest BCUT2D eigenvalue weighted by Gasteiger charge is -2.39. The number of aromatic nitrogens is 1. The van der Waals surface area contributed by atoms with E-state index in [4.69, 9.17) is 9.47 Å². The topological polar surface area (TPSA) is 43.7 Å². The molecule has 0 saturated carbocycles. The van der Waals surface area contributed by atoms with Gasteiger partial charge in [0.15, 0.2) is 0 Å². The summed E-state index contributed by atoms with van der Waals surface area (Å²) in [5.74, 6) is 0.548. The Balaban J connectivity index is 1.82. The summed E-state index contributed by atoms with van der Waals surface area (Å²) in [6.45, 7) is 8.85. The van der Waals surface area contributed by atoms with E-state index < -0.39 is 5.54 Å². The summed E-state index contributed by atoms with van der Waals surface area (Å²) in [5.41, 5.74) is 0.610. The molecule has 1 saturated heterocycles. The first-order valence-electron chi connectivity index (χ1n) is 9.49. The molecular formula is C22H30N2O3. The summed E-state index contributed by atoms with van der Waals surface area (Å²) in [6, 6.07) is 13.4. The molecule has 0 N–H and O–H groups in total. The molecule has 2 unspecified atom stereocenters. The third kappa shape index (κ3) is 4.19. The maximum Gasteiger partial charge on any atom is 0.417 e. The zero-order chi connectivity index (χ0) is 19.7. The molecule has 1 fully saturated rings. The van der Waals surface area contributed by atoms with Crippen LogP contribution in [0.3, 0.4) is 0 Å². The Hall–Kier alpha value is -2.27. The van der Waals surface area contributed by atoms with Gasteiger partial charge < -0.3 is 14.0 Å². The van der Waals surface area contributed by atoms with E-state index in [1.165, 1.54) is 5.69 Å². The standard InChI is InChI=1S/C22H30N2O3/c1-21(2,3)19-24(20(25)27-18-11-7-6-8-12-18)22(4,16-26-19)14-13-17-10-9-15-23(17)5/h6-12,15,19H,13-14,16H2,1-5H3. The van der Waals surface area contributed by atoms with Crippen LogP contribution in [0.15, 0.2) is 48.7 Å². The number of nitrogens with zero attached hydrogens (tertiary/aromatic N) is 2. The highest BCUT2D eigenvalue weighted by molar-refractivity contribution is 5.72. The van der Waals surface area contributed by atoms with Crippen LogP contribution in [0.4, 0.5) is 4.79 Å². The summed E-state index contributed by atoms with van der Waals surface area (Å²) < 4.78 is 13.9. The first kappa shape index (κ1) is 19.5. The molecule has 0 aliphatic carbocycles. The average molecular weight is 370 g/mol. The number of carbonyl (C=O) groups excluding carboxylic acids is 1. The smallest absolute Gasteiger partial charge is 0.410 e. The van der Waals surface area contributed by atoms with Crippen molar-refractivity contribution in [3.8, 4) is 5.75 Å². The van der Waals surface area contributed by atoms with Gasteiger partial charge in [0, 0.05) is 24.4 Å². The van der Waals surface area contributed by atoms with Gasteiger partial charge in [-0.3, -0.25) is 4.90 Å². The average Bonchev–Trinajstić information content (AvgIpc) is 3.17. The van der Waals surface area contributed by atoms with Gasteiger partial charge in [-0.25, -0.2) is 4.79 Å². The molecule has 0 bridgehead atoms. The van der Waals surface area contributed by atoms with Crippen molar-refractivity contribution in [1.82, 2.24) is 9.47 Å². The van der Waals surface area contributed by atoms with Crippen molar-refractivity contribution in [2.75, 3.05) is 6.61 Å². The number of ether oxygens (including phenoxy) is 2. The maximum absolute atomic E-state index is 13.1. The summed E-state index contributed by atoms with van der Waals surface area (Å²) in [6.07, 6.45) is 3.04. The van der Waals surface area contributed by atoms with Crippen molar-refractivity contribution < 1.29 is 14.3 Å². The molecule has 0 spiro atoms. The Bertz CT molecular complexity index is 778. The molecule has 0 radical (unpaired) electrons. The van der Waals surface area contributed by atoms with Crippen LogP contribution in [0, 0.1) is 5.41 Å². The van der Waals surface area contributed by atoms with E-state index in [1.807, 2.05) is 42.4 Å². The van der Waals surface area contributed by atoms with Crippen LogP contribution in [-0.2, 0) is 18.2 Å². The molecule has 27 heavy (non-hydrogen) atoms. The van der Waals surface area contributed by atoms with Crippen LogP contribution in [0.1, 0.15) is 39.8 Å². The summed E-state index contributed by atoms with van der Waals surface area (Å²) in [4.78, 5) is 14.9. The van der Waals surface area contributed by atoms with E-state index >= 15 is 0 Å². The Labute approximate surface area is 161 Å². The monoisotopic (exact) mass is 370 g/mol. The zero-order valence-corrected chi connectivity index (χ0v) is 16.9. The molecule has 5 heteroatoms. The van der Waals surface area contributed by atoms with Gasteiger partial charge in [0.05, 0.1) is 12.1 Å². The molecule has 1 aromatic heterocycles. The SMILES string of the molecule is Cn1cccc1CCC1(C)COC(C(C)(C)C)N1C(=O)Oc1ccccc1. The number of benzene rings is 1. The first-order chi connectivity index (χ1) is 12.7. The van der Waals surface area contributed by atoms with Crippen molar-refractivity contribution in [2.24, 2.45) is 12.5 Å². The Morgan fingerprint density at radius 1 is 1.22 bits per heavy atom. The molecule has 1 aliphatic heterocycles. The number of rotatable bonds is 4. The van der Waals surface area contributed by atoms with Crippen molar-refractivity contribution >= 4 is 6.09 Å². The predicted octanol–water partition coefficient (Wildman–Crippen LogP) is 4.62. The lowest BCUT2D eigenvalue weighted by Crippen LogP contribution is -2.54. The number of hydrogen-bond donors (Lipinski definition) is 0. The van der Waals surface area contributed by atoms with Gasteiger partial charge in [0.25, 0.3) is 0 Å². The predicted molar refractivity (Wildman–Crippen MR) is 106 cm³/mol. The normalized spacial score (nSPS) is 22.9. The minimum atomic E-state index is -0.423. The van der Waals surface area contributed by atoms with Crippen molar-refractivity contribution in [2.45, 2.75) is 52.3 Å². The largest absolute Gasteiger partial charge is 0.417 e. The molecule has 1 amide bonds. The third-order valence-electron chi connectivity index (χ3n) is 5.23. The van der Waals surface area contributed by atoms with Gasteiger partial charge >= 0.3 is 6.09 Å². The Morgan fingerprint density at radius 3 is 2.52 bits per heavy atom. The van der Waals surface area contributed by atoms with Crippen molar-refractivity contribution in [3.05, 3.63) is 54.4 Å². The summed E-state index contributed by atoms with van der Waals surface area (Å²) >= 11 is 0. The molecule has 1 aromatic carbocycles. The molecule has 3 rings (SSSR count). The fourth-order valence-corrected chi connectivity index (χ4v) is 3.62. The van der Waals surface area contributed by atoms with Crippen LogP contribution >= 0.6 is 0 Å². The molecule has 2 atom stereocenters. The third-order valence-corrected chi connectivity index (χ3v) is 5.23. The van der Waals surface area contributed by atoms with E-state index in [9.17, 15) is 4.79 Å². The van der Waals surface area contributed by atoms with Gasteiger partial charge in [-0.15, -0.1) is 0 Å². The van der Waals surface area contributed by atoms with Gasteiger partial charge in [-0.05, 0) is 44.0 Å². The van der Waals surface area contributed by atoms with Crippen LogP contribution < -0.4 is 4.74 Å². The van der Waals surface area contributed by atoms with Crippen molar-refractivity contribution in [1.29, 1.82) is 0 Å². The minimum Gasteiger partial charge on any atom is -0.410 e. The molecular weight excluding hydrogens is 340 g/mol. The second kappa shape index (κ2) is 7.39. The minimum absolute atomic E-state index is 0.210. The first-order valence-corrected chi connectivity index (χ1v) is 9.49. The zero-order valence-electron chi connectivity index (χ0n) is 16.9. The number of amides is 1. The van der Waals surface area contributed by atoms with Crippen LogP contribution in [0.2, 0.25) is 0 Å². The van der Waals surface area contributed by atoms with Gasteiger partial charge in [-0.1, -0.05) is 39.0 Å². The Morgan fingerprint density at radius 2 is 1.93 bits per heavy atom. The molecule has 5 nitrogen and oxygen atoms in total. The quantitative estimate of drug-likeness (QED) is 0.789. The summed E-state index contributed by atoms with van der Waals surface area (Å²) in [7, 11) is 2.04. The fourth-order valence-electron chi connectivity index (χ4n) is 3.62. The Kier molecular flexibility index (Phi) is 5.33. The van der Waals surface area contributed by atoms with Gasteiger partial charge in [-0.2, -0.15) is 0 Å². The second-order valence-electron chi connectivity index (χ2n) is 8.69. The highest BCUT2D eigenvalue weighted by Crippen LogP contribution is 2.39. The maximum atomic E-state index is 13.1. The number of aryl methyl sites for hydroxylation is 2. The lowest BCUT2D eigenvalue weighted by atomic mass is 9.89. The molecule has 2 aromatic rings. The van der Waals surface area contributed by atoms with Crippen molar-refractivity contribution in [3.63, 3.8) is 0 Å². The van der Waals surface area contributed by atoms with E-state index in [2.05, 4.69) is 38.3 Å². The van der Waals surface area contributed by atoms with Crippen LogP contribution in [0.5, 0.6) is 5.75 Å². The molecule has 146 valence electrons. The molecule has 2 heterocycles. The lowest BCUT2D eigenvalue weighted by molar-refractivity contribution is -0.0416. The second-order valence-corrected chi connectivity index (χ2v) is 8.69. The highest BCUT2D eigenvalue weighted by Gasteiger charge is 2.51. The van der Waals surface area contributed by atoms with E-state index in [0.29, 0.717) is 12.4 Å². The van der Waals surface area contributed by atoms with E-state index in [0.717, 1.165) is 12.8 Å². The van der Waals surface area contributed by atoms with Crippen LogP contribution in [-0.4, -0.2) is 33.9 Å².